The minimum Gasteiger partial charge on any atom is -0.450 e. The van der Waals surface area contributed by atoms with Crippen LogP contribution in [-0.4, -0.2) is 52.5 Å². The summed E-state index contributed by atoms with van der Waals surface area (Å²) in [5.41, 5.74) is 1.06. The van der Waals surface area contributed by atoms with Gasteiger partial charge in [-0.15, -0.1) is 0 Å². The number of aliphatic hydroxyl groups is 1. The molecule has 27 heavy (non-hydrogen) atoms. The van der Waals surface area contributed by atoms with E-state index in [1.54, 1.807) is 11.0 Å². The number of carbonyl (C=O) groups excluding carboxylic acids is 1. The first-order valence-corrected chi connectivity index (χ1v) is 9.07. The Morgan fingerprint density at radius 2 is 2.11 bits per heavy atom. The Balaban J connectivity index is 1.87. The first-order chi connectivity index (χ1) is 13.1. The summed E-state index contributed by atoms with van der Waals surface area (Å²) in [6.45, 7) is 0.307. The standard InChI is InChI=1S/C21H25NO5/c23-19(16-17-8-3-1-4-9-17)13-12-18-10-7-11-20(24)22(18)14-5-2-6-15-27-21(25)26/h1,3-4,8-9,12-13,18-19,23H,6-7,10-11,14-16H2,(H,25,26)/b13-12+/t18-,19?/m1/s1. The van der Waals surface area contributed by atoms with Crippen LogP contribution in [-0.2, 0) is 16.0 Å². The van der Waals surface area contributed by atoms with Crippen LogP contribution in [0.25, 0.3) is 0 Å². The monoisotopic (exact) mass is 371 g/mol. The molecule has 0 aromatic heterocycles. The van der Waals surface area contributed by atoms with Crippen molar-refractivity contribution < 1.29 is 24.5 Å². The average molecular weight is 371 g/mol. The van der Waals surface area contributed by atoms with E-state index in [-0.39, 0.29) is 25.1 Å². The topological polar surface area (TPSA) is 87.1 Å². The van der Waals surface area contributed by atoms with Crippen LogP contribution < -0.4 is 0 Å². The van der Waals surface area contributed by atoms with Gasteiger partial charge in [-0.25, -0.2) is 4.79 Å². The number of amides is 1. The molecule has 144 valence electrons. The lowest BCUT2D eigenvalue weighted by molar-refractivity contribution is -0.134. The second-order valence-corrected chi connectivity index (χ2v) is 6.34. The van der Waals surface area contributed by atoms with Crippen LogP contribution in [0.5, 0.6) is 0 Å². The van der Waals surface area contributed by atoms with E-state index >= 15 is 0 Å². The lowest BCUT2D eigenvalue weighted by atomic mass is 9.99. The highest BCUT2D eigenvalue weighted by atomic mass is 16.7. The fourth-order valence-corrected chi connectivity index (χ4v) is 2.95. The van der Waals surface area contributed by atoms with Gasteiger partial charge in [-0.05, 0) is 18.4 Å². The molecule has 1 aliphatic rings. The number of ether oxygens (including phenoxy) is 1. The molecular weight excluding hydrogens is 346 g/mol. The summed E-state index contributed by atoms with van der Waals surface area (Å²) in [5.74, 6) is 5.77. The Morgan fingerprint density at radius 3 is 2.85 bits per heavy atom. The third-order valence-corrected chi connectivity index (χ3v) is 4.28. The van der Waals surface area contributed by atoms with Gasteiger partial charge in [-0.2, -0.15) is 0 Å². The van der Waals surface area contributed by atoms with Crippen molar-refractivity contribution in [1.82, 2.24) is 4.90 Å². The molecular formula is C21H25NO5. The van der Waals surface area contributed by atoms with Gasteiger partial charge in [0.05, 0.1) is 18.7 Å². The van der Waals surface area contributed by atoms with Crippen LogP contribution in [0.1, 0.15) is 31.2 Å². The van der Waals surface area contributed by atoms with Gasteiger partial charge >= 0.3 is 6.16 Å². The largest absolute Gasteiger partial charge is 0.505 e. The van der Waals surface area contributed by atoms with Crippen LogP contribution in [0.4, 0.5) is 4.79 Å². The van der Waals surface area contributed by atoms with Crippen molar-refractivity contribution in [2.24, 2.45) is 0 Å². The predicted octanol–water partition coefficient (Wildman–Crippen LogP) is 2.62. The molecule has 1 saturated heterocycles. The number of nitrogens with zero attached hydrogens (tertiary/aromatic N) is 1. The molecule has 2 atom stereocenters. The summed E-state index contributed by atoms with van der Waals surface area (Å²) < 4.78 is 4.38. The van der Waals surface area contributed by atoms with Gasteiger partial charge in [0.15, 0.2) is 0 Å². The molecule has 6 heteroatoms. The van der Waals surface area contributed by atoms with Crippen molar-refractivity contribution in [3.8, 4) is 11.8 Å². The van der Waals surface area contributed by atoms with Crippen LogP contribution >= 0.6 is 0 Å². The fourth-order valence-electron chi connectivity index (χ4n) is 2.95. The zero-order valence-electron chi connectivity index (χ0n) is 15.2. The molecule has 1 heterocycles. The van der Waals surface area contributed by atoms with Crippen molar-refractivity contribution in [3.05, 3.63) is 48.0 Å². The van der Waals surface area contributed by atoms with Gasteiger partial charge in [-0.1, -0.05) is 54.3 Å². The predicted molar refractivity (Wildman–Crippen MR) is 101 cm³/mol. The molecule has 2 N–H and O–H groups in total. The Hall–Kier alpha value is -2.78. The molecule has 1 aromatic carbocycles. The van der Waals surface area contributed by atoms with Gasteiger partial charge in [0, 0.05) is 19.3 Å². The maximum atomic E-state index is 12.2. The molecule has 1 amide bonds. The fraction of sp³-hybridized carbons (Fsp3) is 0.429. The zero-order valence-corrected chi connectivity index (χ0v) is 15.2. The molecule has 0 aliphatic carbocycles. The molecule has 2 rings (SSSR count). The minimum atomic E-state index is -1.32. The average Bonchev–Trinajstić information content (AvgIpc) is 2.65. The number of benzene rings is 1. The van der Waals surface area contributed by atoms with Gasteiger partial charge in [0.1, 0.15) is 6.61 Å². The van der Waals surface area contributed by atoms with E-state index in [9.17, 15) is 14.7 Å². The van der Waals surface area contributed by atoms with Crippen LogP contribution in [0.2, 0.25) is 0 Å². The van der Waals surface area contributed by atoms with Crippen molar-refractivity contribution in [2.45, 2.75) is 44.2 Å². The molecule has 0 spiro atoms. The normalized spacial score (nSPS) is 18.0. The van der Waals surface area contributed by atoms with E-state index in [4.69, 9.17) is 5.11 Å². The number of carboxylic acid groups (broad SMARTS) is 1. The summed E-state index contributed by atoms with van der Waals surface area (Å²) in [6, 6.07) is 9.67. The highest BCUT2D eigenvalue weighted by Crippen LogP contribution is 2.19. The summed E-state index contributed by atoms with van der Waals surface area (Å²) >= 11 is 0. The Morgan fingerprint density at radius 1 is 1.33 bits per heavy atom. The lowest BCUT2D eigenvalue weighted by Gasteiger charge is -2.32. The van der Waals surface area contributed by atoms with E-state index in [0.717, 1.165) is 18.4 Å². The van der Waals surface area contributed by atoms with Crippen molar-refractivity contribution in [2.75, 3.05) is 13.2 Å². The lowest BCUT2D eigenvalue weighted by Crippen LogP contribution is -2.42. The highest BCUT2D eigenvalue weighted by molar-refractivity contribution is 5.77. The number of carbonyl (C=O) groups is 2. The maximum absolute atomic E-state index is 12.2. The highest BCUT2D eigenvalue weighted by Gasteiger charge is 2.25. The van der Waals surface area contributed by atoms with E-state index in [2.05, 4.69) is 16.6 Å². The van der Waals surface area contributed by atoms with Crippen molar-refractivity contribution >= 4 is 12.1 Å². The van der Waals surface area contributed by atoms with E-state index < -0.39 is 12.3 Å². The van der Waals surface area contributed by atoms with Crippen LogP contribution in [0.3, 0.4) is 0 Å². The number of aliphatic hydroxyl groups excluding tert-OH is 1. The van der Waals surface area contributed by atoms with Crippen molar-refractivity contribution in [3.63, 3.8) is 0 Å². The molecule has 0 radical (unpaired) electrons. The number of hydrogen-bond donors (Lipinski definition) is 2. The molecule has 0 bridgehead atoms. The number of piperidine rings is 1. The molecule has 1 aromatic rings. The van der Waals surface area contributed by atoms with Crippen LogP contribution in [0.15, 0.2) is 42.5 Å². The molecule has 1 aliphatic heterocycles. The molecule has 6 nitrogen and oxygen atoms in total. The van der Waals surface area contributed by atoms with E-state index in [1.165, 1.54) is 0 Å². The molecule has 1 unspecified atom stereocenters. The van der Waals surface area contributed by atoms with Gasteiger partial charge in [0.25, 0.3) is 0 Å². The number of hydrogen-bond acceptors (Lipinski definition) is 4. The Kier molecular flexibility index (Phi) is 8.40. The quantitative estimate of drug-likeness (QED) is 0.333. The van der Waals surface area contributed by atoms with Crippen LogP contribution in [0, 0.1) is 11.8 Å². The Labute approximate surface area is 159 Å². The van der Waals surface area contributed by atoms with Gasteiger partial charge < -0.3 is 19.8 Å². The maximum Gasteiger partial charge on any atom is 0.505 e. The third-order valence-electron chi connectivity index (χ3n) is 4.28. The van der Waals surface area contributed by atoms with Gasteiger partial charge in [0.2, 0.25) is 5.91 Å². The van der Waals surface area contributed by atoms with E-state index in [1.807, 2.05) is 36.4 Å². The van der Waals surface area contributed by atoms with Crippen molar-refractivity contribution in [1.29, 1.82) is 0 Å². The summed E-state index contributed by atoms with van der Waals surface area (Å²) in [5, 5.41) is 18.6. The second-order valence-electron chi connectivity index (χ2n) is 6.34. The minimum absolute atomic E-state index is 0.0191. The summed E-state index contributed by atoms with van der Waals surface area (Å²) in [7, 11) is 0. The molecule has 0 saturated carbocycles. The Bertz CT molecular complexity index is 704. The first kappa shape index (κ1) is 20.5. The first-order valence-electron chi connectivity index (χ1n) is 9.07. The summed E-state index contributed by atoms with van der Waals surface area (Å²) in [6.07, 6.45) is 4.69. The van der Waals surface area contributed by atoms with E-state index in [0.29, 0.717) is 19.3 Å². The second kappa shape index (κ2) is 11.0. The SMILES string of the molecule is O=C(O)OCCC#CCN1C(=O)CCC[C@@H]1/C=C/C(O)Cc1ccccc1. The number of likely N-dealkylation sites (tertiary alicyclic amines) is 1. The molecule has 1 fully saturated rings. The third kappa shape index (κ3) is 7.55. The smallest absolute Gasteiger partial charge is 0.450 e. The number of rotatable bonds is 7. The zero-order chi connectivity index (χ0) is 19.5. The summed E-state index contributed by atoms with van der Waals surface area (Å²) in [4.78, 5) is 24.2. The van der Waals surface area contributed by atoms with Gasteiger partial charge in [-0.3, -0.25) is 4.79 Å².